The minimum absolute atomic E-state index is 0.176. The number of fused-ring (bicyclic) bond motifs is 1. The molecule has 0 fully saturated rings. The van der Waals surface area contributed by atoms with Crippen LogP contribution in [0.5, 0.6) is 0 Å². The molecule has 1 aromatic heterocycles. The lowest BCUT2D eigenvalue weighted by molar-refractivity contribution is 0.289. The Morgan fingerprint density at radius 3 is 2.61 bits per heavy atom. The maximum Gasteiger partial charge on any atom is 0.159 e. The van der Waals surface area contributed by atoms with Gasteiger partial charge in [-0.2, -0.15) is 0 Å². The Bertz CT molecular complexity index is 533. The van der Waals surface area contributed by atoms with Gasteiger partial charge in [0.15, 0.2) is 11.0 Å². The molecule has 0 aliphatic carbocycles. The maximum atomic E-state index is 8.93. The van der Waals surface area contributed by atoms with E-state index in [1.165, 1.54) is 0 Å². The fraction of sp³-hybridized carbons (Fsp3) is 0.385. The zero-order chi connectivity index (χ0) is 13.0. The van der Waals surface area contributed by atoms with Crippen molar-refractivity contribution in [1.29, 1.82) is 0 Å². The Kier molecular flexibility index (Phi) is 4.33. The predicted molar refractivity (Wildman–Crippen MR) is 74.1 cm³/mol. The van der Waals surface area contributed by atoms with E-state index in [2.05, 4.69) is 22.0 Å². The van der Waals surface area contributed by atoms with Crippen LogP contribution in [-0.4, -0.2) is 35.0 Å². The topological polar surface area (TPSA) is 49.2 Å². The number of rotatable bonds is 5. The normalized spacial score (nSPS) is 10.8. The van der Waals surface area contributed by atoms with Gasteiger partial charge in [-0.05, 0) is 13.3 Å². The fourth-order valence-corrected chi connectivity index (χ4v) is 2.17. The van der Waals surface area contributed by atoms with Gasteiger partial charge < -0.3 is 10.0 Å². The molecule has 0 saturated carbocycles. The highest BCUT2D eigenvalue weighted by atomic mass is 35.5. The molecular formula is C13H16ClN3O. The summed E-state index contributed by atoms with van der Waals surface area (Å²) in [5, 5.41) is 19.4. The largest absolute Gasteiger partial charge is 0.396 e. The molecule has 4 nitrogen and oxygen atoms in total. The summed E-state index contributed by atoms with van der Waals surface area (Å²) in [6, 6.07) is 7.83. The molecule has 2 rings (SSSR count). The van der Waals surface area contributed by atoms with Gasteiger partial charge in [0.1, 0.15) is 0 Å². The van der Waals surface area contributed by atoms with E-state index >= 15 is 0 Å². The van der Waals surface area contributed by atoms with E-state index < -0.39 is 0 Å². The highest BCUT2D eigenvalue weighted by Gasteiger charge is 2.12. The van der Waals surface area contributed by atoms with E-state index in [-0.39, 0.29) is 6.61 Å². The van der Waals surface area contributed by atoms with Crippen LogP contribution in [0.25, 0.3) is 10.8 Å². The first-order valence-electron chi connectivity index (χ1n) is 6.04. The zero-order valence-corrected chi connectivity index (χ0v) is 11.1. The summed E-state index contributed by atoms with van der Waals surface area (Å²) in [6.07, 6.45) is 0.715. The standard InChI is InChI=1S/C13H16ClN3O/c1-2-17(8-5-9-18)13-11-7-4-3-6-10(11)12(14)15-16-13/h3-4,6-7,18H,2,5,8-9H2,1H3. The van der Waals surface area contributed by atoms with Gasteiger partial charge in [-0.25, -0.2) is 0 Å². The van der Waals surface area contributed by atoms with E-state index in [0.717, 1.165) is 29.7 Å². The summed E-state index contributed by atoms with van der Waals surface area (Å²) in [5.41, 5.74) is 0. The van der Waals surface area contributed by atoms with E-state index in [4.69, 9.17) is 16.7 Å². The maximum absolute atomic E-state index is 8.93. The van der Waals surface area contributed by atoms with Crippen molar-refractivity contribution in [3.8, 4) is 0 Å². The van der Waals surface area contributed by atoms with Gasteiger partial charge in [0.25, 0.3) is 0 Å². The number of hydrogen-bond acceptors (Lipinski definition) is 4. The Morgan fingerprint density at radius 2 is 1.94 bits per heavy atom. The van der Waals surface area contributed by atoms with E-state index in [1.807, 2.05) is 24.3 Å². The molecule has 96 valence electrons. The van der Waals surface area contributed by atoms with Crippen molar-refractivity contribution in [3.05, 3.63) is 29.4 Å². The monoisotopic (exact) mass is 265 g/mol. The molecule has 0 amide bonds. The Morgan fingerprint density at radius 1 is 1.22 bits per heavy atom. The molecule has 0 unspecified atom stereocenters. The molecule has 0 spiro atoms. The SMILES string of the molecule is CCN(CCCO)c1nnc(Cl)c2ccccc12. The number of aliphatic hydroxyl groups is 1. The number of nitrogens with zero attached hydrogens (tertiary/aromatic N) is 3. The smallest absolute Gasteiger partial charge is 0.159 e. The first-order chi connectivity index (χ1) is 8.77. The molecule has 18 heavy (non-hydrogen) atoms. The average Bonchev–Trinajstić information content (AvgIpc) is 2.42. The highest BCUT2D eigenvalue weighted by molar-refractivity contribution is 6.34. The summed E-state index contributed by atoms with van der Waals surface area (Å²) in [4.78, 5) is 2.10. The van der Waals surface area contributed by atoms with E-state index in [1.54, 1.807) is 0 Å². The van der Waals surface area contributed by atoms with Crippen LogP contribution in [0.15, 0.2) is 24.3 Å². The zero-order valence-electron chi connectivity index (χ0n) is 10.3. The van der Waals surface area contributed by atoms with Crippen LogP contribution in [-0.2, 0) is 0 Å². The molecule has 1 aromatic carbocycles. The van der Waals surface area contributed by atoms with Crippen LogP contribution in [0.1, 0.15) is 13.3 Å². The molecule has 0 aliphatic heterocycles. The lowest BCUT2D eigenvalue weighted by atomic mass is 10.2. The predicted octanol–water partition coefficient (Wildman–Crippen LogP) is 2.49. The van der Waals surface area contributed by atoms with E-state index in [9.17, 15) is 0 Å². The van der Waals surface area contributed by atoms with Crippen LogP contribution in [0.2, 0.25) is 5.15 Å². The molecule has 1 N–H and O–H groups in total. The van der Waals surface area contributed by atoms with Crippen LogP contribution < -0.4 is 4.90 Å². The Labute approximate surface area is 111 Å². The second kappa shape index (κ2) is 5.98. The first kappa shape index (κ1) is 13.1. The molecular weight excluding hydrogens is 250 g/mol. The lowest BCUT2D eigenvalue weighted by Crippen LogP contribution is -2.26. The number of halogens is 1. The van der Waals surface area contributed by atoms with Crippen molar-refractivity contribution in [2.45, 2.75) is 13.3 Å². The summed E-state index contributed by atoms with van der Waals surface area (Å²) >= 11 is 6.05. The molecule has 0 bridgehead atoms. The summed E-state index contributed by atoms with van der Waals surface area (Å²) in [7, 11) is 0. The third-order valence-electron chi connectivity index (χ3n) is 2.89. The van der Waals surface area contributed by atoms with Crippen LogP contribution >= 0.6 is 11.6 Å². The number of anilines is 1. The van der Waals surface area contributed by atoms with Gasteiger partial charge in [-0.3, -0.25) is 0 Å². The lowest BCUT2D eigenvalue weighted by Gasteiger charge is -2.22. The summed E-state index contributed by atoms with van der Waals surface area (Å²) in [6.45, 7) is 3.81. The van der Waals surface area contributed by atoms with Gasteiger partial charge in [-0.15, -0.1) is 10.2 Å². The van der Waals surface area contributed by atoms with Crippen molar-refractivity contribution in [2.75, 3.05) is 24.6 Å². The second-order valence-electron chi connectivity index (χ2n) is 4.02. The molecule has 0 saturated heterocycles. The Balaban J connectivity index is 2.46. The van der Waals surface area contributed by atoms with Gasteiger partial charge in [0, 0.05) is 30.5 Å². The summed E-state index contributed by atoms with van der Waals surface area (Å²) < 4.78 is 0. The van der Waals surface area contributed by atoms with Crippen LogP contribution in [0.3, 0.4) is 0 Å². The quantitative estimate of drug-likeness (QED) is 0.902. The molecule has 0 atom stereocenters. The van der Waals surface area contributed by atoms with Crippen molar-refractivity contribution >= 4 is 28.2 Å². The van der Waals surface area contributed by atoms with Gasteiger partial charge in [0.2, 0.25) is 0 Å². The third-order valence-corrected chi connectivity index (χ3v) is 3.17. The van der Waals surface area contributed by atoms with Crippen molar-refractivity contribution < 1.29 is 5.11 Å². The number of aromatic nitrogens is 2. The van der Waals surface area contributed by atoms with Crippen LogP contribution in [0, 0.1) is 0 Å². The van der Waals surface area contributed by atoms with Crippen molar-refractivity contribution in [1.82, 2.24) is 10.2 Å². The van der Waals surface area contributed by atoms with Crippen molar-refractivity contribution in [2.24, 2.45) is 0 Å². The van der Waals surface area contributed by atoms with Gasteiger partial charge in [0.05, 0.1) is 0 Å². The highest BCUT2D eigenvalue weighted by Crippen LogP contribution is 2.27. The van der Waals surface area contributed by atoms with Gasteiger partial charge >= 0.3 is 0 Å². The second-order valence-corrected chi connectivity index (χ2v) is 4.37. The number of hydrogen-bond donors (Lipinski definition) is 1. The van der Waals surface area contributed by atoms with E-state index in [0.29, 0.717) is 11.6 Å². The minimum atomic E-state index is 0.176. The Hall–Kier alpha value is -1.39. The molecule has 5 heteroatoms. The molecule has 0 aliphatic rings. The summed E-state index contributed by atoms with van der Waals surface area (Å²) in [5.74, 6) is 0.825. The first-order valence-corrected chi connectivity index (χ1v) is 6.42. The fourth-order valence-electron chi connectivity index (χ4n) is 1.97. The minimum Gasteiger partial charge on any atom is -0.396 e. The van der Waals surface area contributed by atoms with Crippen LogP contribution in [0.4, 0.5) is 5.82 Å². The number of aliphatic hydroxyl groups excluding tert-OH is 1. The molecule has 1 heterocycles. The van der Waals surface area contributed by atoms with Crippen molar-refractivity contribution in [3.63, 3.8) is 0 Å². The molecule has 2 aromatic rings. The average molecular weight is 266 g/mol. The van der Waals surface area contributed by atoms with Gasteiger partial charge in [-0.1, -0.05) is 35.9 Å². The molecule has 0 radical (unpaired) electrons. The third kappa shape index (κ3) is 2.54. The number of benzene rings is 1.